The van der Waals surface area contributed by atoms with Crippen LogP contribution in [0.4, 0.5) is 5.82 Å². The van der Waals surface area contributed by atoms with Gasteiger partial charge in [0.05, 0.1) is 11.5 Å². The van der Waals surface area contributed by atoms with E-state index in [0.717, 1.165) is 19.6 Å². The number of likely N-dealkylation sites (N-methyl/N-ethyl adjacent to an activating group) is 1. The van der Waals surface area contributed by atoms with E-state index in [1.165, 1.54) is 6.33 Å². The molecule has 0 aromatic carbocycles. The standard InChI is InChI=1S/C16H25N5O3S/c1-3-20-5-7-21(8-6-20)16(22)14-10-15(18-12-17-14)19(2)13-4-9-25(23,24)11-13/h10,12-13H,3-9,11H2,1-2H3. The summed E-state index contributed by atoms with van der Waals surface area (Å²) in [4.78, 5) is 27.0. The van der Waals surface area contributed by atoms with Crippen LogP contribution >= 0.6 is 0 Å². The van der Waals surface area contributed by atoms with Crippen molar-refractivity contribution in [3.05, 3.63) is 18.1 Å². The number of hydrogen-bond donors (Lipinski definition) is 0. The number of piperazine rings is 1. The molecule has 1 atom stereocenters. The van der Waals surface area contributed by atoms with Gasteiger partial charge < -0.3 is 14.7 Å². The van der Waals surface area contributed by atoms with Crippen LogP contribution in [0.3, 0.4) is 0 Å². The number of carbonyl (C=O) groups is 1. The van der Waals surface area contributed by atoms with Gasteiger partial charge in [0.2, 0.25) is 0 Å². The largest absolute Gasteiger partial charge is 0.356 e. The molecule has 138 valence electrons. The van der Waals surface area contributed by atoms with Crippen molar-refractivity contribution < 1.29 is 13.2 Å². The Kier molecular flexibility index (Phi) is 5.24. The van der Waals surface area contributed by atoms with Crippen LogP contribution < -0.4 is 4.90 Å². The molecule has 2 fully saturated rings. The van der Waals surface area contributed by atoms with Crippen molar-refractivity contribution in [2.45, 2.75) is 19.4 Å². The molecule has 3 heterocycles. The average Bonchev–Trinajstić information content (AvgIpc) is 3.00. The highest BCUT2D eigenvalue weighted by molar-refractivity contribution is 7.91. The first-order chi connectivity index (χ1) is 11.9. The maximum absolute atomic E-state index is 12.7. The summed E-state index contributed by atoms with van der Waals surface area (Å²) in [6, 6.07) is 1.57. The first-order valence-electron chi connectivity index (χ1n) is 8.66. The summed E-state index contributed by atoms with van der Waals surface area (Å²) in [6.45, 7) is 6.26. The van der Waals surface area contributed by atoms with E-state index >= 15 is 0 Å². The summed E-state index contributed by atoms with van der Waals surface area (Å²) in [5.74, 6) is 0.843. The van der Waals surface area contributed by atoms with Crippen LogP contribution in [-0.4, -0.2) is 91.4 Å². The molecule has 1 unspecified atom stereocenters. The number of sulfone groups is 1. The second-order valence-electron chi connectivity index (χ2n) is 6.66. The van der Waals surface area contributed by atoms with E-state index < -0.39 is 9.84 Å². The highest BCUT2D eigenvalue weighted by atomic mass is 32.2. The fraction of sp³-hybridized carbons (Fsp3) is 0.688. The van der Waals surface area contributed by atoms with E-state index in [4.69, 9.17) is 0 Å². The van der Waals surface area contributed by atoms with Crippen molar-refractivity contribution in [2.75, 3.05) is 56.2 Å². The van der Waals surface area contributed by atoms with Crippen LogP contribution in [0.5, 0.6) is 0 Å². The van der Waals surface area contributed by atoms with Gasteiger partial charge >= 0.3 is 0 Å². The molecule has 2 saturated heterocycles. The highest BCUT2D eigenvalue weighted by Gasteiger charge is 2.31. The molecule has 1 amide bonds. The van der Waals surface area contributed by atoms with Crippen LogP contribution in [0.2, 0.25) is 0 Å². The van der Waals surface area contributed by atoms with Gasteiger partial charge in [-0.1, -0.05) is 6.92 Å². The Morgan fingerprint density at radius 1 is 1.28 bits per heavy atom. The number of rotatable bonds is 4. The molecule has 25 heavy (non-hydrogen) atoms. The van der Waals surface area contributed by atoms with Gasteiger partial charge in [-0.05, 0) is 13.0 Å². The second kappa shape index (κ2) is 7.25. The van der Waals surface area contributed by atoms with Gasteiger partial charge in [0, 0.05) is 45.3 Å². The van der Waals surface area contributed by atoms with Crippen LogP contribution in [-0.2, 0) is 9.84 Å². The number of amides is 1. The molecular weight excluding hydrogens is 342 g/mol. The minimum atomic E-state index is -2.96. The molecule has 2 aliphatic rings. The van der Waals surface area contributed by atoms with Crippen molar-refractivity contribution in [1.29, 1.82) is 0 Å². The molecular formula is C16H25N5O3S. The fourth-order valence-electron chi connectivity index (χ4n) is 3.35. The van der Waals surface area contributed by atoms with Crippen LogP contribution in [0.1, 0.15) is 23.8 Å². The van der Waals surface area contributed by atoms with Crippen molar-refractivity contribution in [2.24, 2.45) is 0 Å². The Balaban J connectivity index is 1.70. The highest BCUT2D eigenvalue weighted by Crippen LogP contribution is 2.21. The van der Waals surface area contributed by atoms with E-state index in [-0.39, 0.29) is 23.5 Å². The van der Waals surface area contributed by atoms with Gasteiger partial charge in [0.15, 0.2) is 9.84 Å². The molecule has 2 aliphatic heterocycles. The monoisotopic (exact) mass is 367 g/mol. The zero-order chi connectivity index (χ0) is 18.0. The molecule has 0 bridgehead atoms. The maximum atomic E-state index is 12.7. The lowest BCUT2D eigenvalue weighted by molar-refractivity contribution is 0.0637. The Morgan fingerprint density at radius 3 is 2.60 bits per heavy atom. The number of aromatic nitrogens is 2. The Labute approximate surface area is 148 Å². The Bertz CT molecular complexity index is 731. The van der Waals surface area contributed by atoms with E-state index in [9.17, 15) is 13.2 Å². The summed E-state index contributed by atoms with van der Waals surface area (Å²) in [6.07, 6.45) is 1.97. The maximum Gasteiger partial charge on any atom is 0.272 e. The third-order valence-electron chi connectivity index (χ3n) is 5.10. The predicted octanol–water partition coefficient (Wildman–Crippen LogP) is -0.122. The van der Waals surface area contributed by atoms with Gasteiger partial charge in [0.25, 0.3) is 5.91 Å². The summed E-state index contributed by atoms with van der Waals surface area (Å²) in [5.41, 5.74) is 0.364. The van der Waals surface area contributed by atoms with E-state index in [0.29, 0.717) is 31.0 Å². The quantitative estimate of drug-likeness (QED) is 0.733. The molecule has 3 rings (SSSR count). The fourth-order valence-corrected chi connectivity index (χ4v) is 5.13. The van der Waals surface area contributed by atoms with E-state index in [2.05, 4.69) is 21.8 Å². The van der Waals surface area contributed by atoms with Crippen molar-refractivity contribution in [3.63, 3.8) is 0 Å². The summed E-state index contributed by atoms with van der Waals surface area (Å²) >= 11 is 0. The molecule has 0 radical (unpaired) electrons. The topological polar surface area (TPSA) is 86.7 Å². The summed E-state index contributed by atoms with van der Waals surface area (Å²) in [7, 11) is -1.14. The number of anilines is 1. The van der Waals surface area contributed by atoms with Crippen molar-refractivity contribution in [1.82, 2.24) is 19.8 Å². The lowest BCUT2D eigenvalue weighted by Crippen LogP contribution is -2.48. The number of nitrogens with zero attached hydrogens (tertiary/aromatic N) is 5. The van der Waals surface area contributed by atoms with Gasteiger partial charge in [-0.15, -0.1) is 0 Å². The minimum Gasteiger partial charge on any atom is -0.356 e. The first-order valence-corrected chi connectivity index (χ1v) is 10.5. The van der Waals surface area contributed by atoms with Crippen molar-refractivity contribution in [3.8, 4) is 0 Å². The summed E-state index contributed by atoms with van der Waals surface area (Å²) in [5, 5.41) is 0. The molecule has 1 aromatic heterocycles. The molecule has 9 heteroatoms. The Hall–Kier alpha value is -1.74. The first kappa shape index (κ1) is 18.1. The van der Waals surface area contributed by atoms with Gasteiger partial charge in [-0.25, -0.2) is 18.4 Å². The smallest absolute Gasteiger partial charge is 0.272 e. The molecule has 0 spiro atoms. The van der Waals surface area contributed by atoms with Crippen LogP contribution in [0, 0.1) is 0 Å². The van der Waals surface area contributed by atoms with E-state index in [1.807, 2.05) is 16.8 Å². The lowest BCUT2D eigenvalue weighted by Gasteiger charge is -2.34. The Morgan fingerprint density at radius 2 is 2.00 bits per heavy atom. The normalized spacial score (nSPS) is 23.6. The molecule has 8 nitrogen and oxygen atoms in total. The average molecular weight is 367 g/mol. The molecule has 0 saturated carbocycles. The third-order valence-corrected chi connectivity index (χ3v) is 6.85. The predicted molar refractivity (Wildman–Crippen MR) is 95.5 cm³/mol. The van der Waals surface area contributed by atoms with Crippen LogP contribution in [0.25, 0.3) is 0 Å². The lowest BCUT2D eigenvalue weighted by atomic mass is 10.2. The summed E-state index contributed by atoms with van der Waals surface area (Å²) < 4.78 is 23.4. The van der Waals surface area contributed by atoms with Gasteiger partial charge in [-0.2, -0.15) is 0 Å². The van der Waals surface area contributed by atoms with Crippen LogP contribution in [0.15, 0.2) is 12.4 Å². The number of hydrogen-bond acceptors (Lipinski definition) is 7. The zero-order valence-electron chi connectivity index (χ0n) is 14.8. The molecule has 0 aliphatic carbocycles. The van der Waals surface area contributed by atoms with Gasteiger partial charge in [-0.3, -0.25) is 4.79 Å². The molecule has 1 aromatic rings. The third kappa shape index (κ3) is 4.09. The zero-order valence-corrected chi connectivity index (χ0v) is 15.6. The minimum absolute atomic E-state index is 0.0909. The van der Waals surface area contributed by atoms with Crippen molar-refractivity contribution >= 4 is 21.6 Å². The molecule has 0 N–H and O–H groups in total. The SMILES string of the molecule is CCN1CCN(C(=O)c2cc(N(C)C3CCS(=O)(=O)C3)ncn2)CC1. The van der Waals surface area contributed by atoms with Gasteiger partial charge in [0.1, 0.15) is 17.8 Å². The van der Waals surface area contributed by atoms with E-state index in [1.54, 1.807) is 6.07 Å². The second-order valence-corrected chi connectivity index (χ2v) is 8.88. The number of carbonyl (C=O) groups excluding carboxylic acids is 1.